The molecular formula is C37H45N3O7. The van der Waals surface area contributed by atoms with E-state index in [4.69, 9.17) is 14.2 Å². The molecule has 1 aliphatic rings. The molecule has 1 aliphatic heterocycles. The van der Waals surface area contributed by atoms with Crippen LogP contribution in [-0.2, 0) is 43.3 Å². The number of hydrogen-bond donors (Lipinski definition) is 2. The largest absolute Gasteiger partial charge is 0.494 e. The predicted molar refractivity (Wildman–Crippen MR) is 178 cm³/mol. The van der Waals surface area contributed by atoms with Gasteiger partial charge in [0.25, 0.3) is 0 Å². The first kappa shape index (κ1) is 35.0. The van der Waals surface area contributed by atoms with Crippen molar-refractivity contribution in [2.45, 2.75) is 83.7 Å². The third-order valence-electron chi connectivity index (χ3n) is 7.61. The fraction of sp³-hybridized carbons (Fsp3) is 0.405. The average Bonchev–Trinajstić information content (AvgIpc) is 3.54. The summed E-state index contributed by atoms with van der Waals surface area (Å²) in [4.78, 5) is 55.6. The lowest BCUT2D eigenvalue weighted by molar-refractivity contribution is -0.155. The van der Waals surface area contributed by atoms with Gasteiger partial charge in [0, 0.05) is 19.4 Å². The van der Waals surface area contributed by atoms with E-state index in [-0.39, 0.29) is 19.4 Å². The lowest BCUT2D eigenvalue weighted by atomic mass is 10.0. The van der Waals surface area contributed by atoms with Crippen LogP contribution in [0.3, 0.4) is 0 Å². The number of hydrogen-bond acceptors (Lipinski definition) is 7. The van der Waals surface area contributed by atoms with Crippen molar-refractivity contribution in [3.63, 3.8) is 0 Å². The highest BCUT2D eigenvalue weighted by Crippen LogP contribution is 2.22. The molecule has 10 heteroatoms. The van der Waals surface area contributed by atoms with Gasteiger partial charge in [-0.05, 0) is 69.4 Å². The fourth-order valence-electron chi connectivity index (χ4n) is 5.41. The Labute approximate surface area is 276 Å². The highest BCUT2D eigenvalue weighted by molar-refractivity contribution is 5.93. The standard InChI is InChI=1S/C37H45N3O7/c1-5-45-29-20-18-27(19-21-29)23-30(39-36(44)47-37(2,3)4)33(41)38-31(24-26-13-8-6-9-14-26)34(42)40-22-12-17-32(40)35(43)46-25-28-15-10-7-11-16-28/h6-11,13-16,18-21,30-32H,5,12,17,22-25H2,1-4H3,(H,38,41)(H,39,44)/t30-,31-,32+/m0/s1. The Bertz CT molecular complexity index is 1470. The molecule has 0 bridgehead atoms. The summed E-state index contributed by atoms with van der Waals surface area (Å²) in [6.07, 6.45) is 0.669. The molecule has 3 atom stereocenters. The fourth-order valence-corrected chi connectivity index (χ4v) is 5.41. The van der Waals surface area contributed by atoms with Crippen LogP contribution in [0.1, 0.15) is 57.2 Å². The Balaban J connectivity index is 1.54. The molecule has 0 saturated carbocycles. The lowest BCUT2D eigenvalue weighted by Crippen LogP contribution is -2.57. The average molecular weight is 644 g/mol. The minimum absolute atomic E-state index is 0.103. The summed E-state index contributed by atoms with van der Waals surface area (Å²) < 4.78 is 16.6. The van der Waals surface area contributed by atoms with Gasteiger partial charge in [0.15, 0.2) is 0 Å². The van der Waals surface area contributed by atoms with Gasteiger partial charge in [-0.1, -0.05) is 72.8 Å². The van der Waals surface area contributed by atoms with Crippen LogP contribution in [0.4, 0.5) is 4.79 Å². The molecule has 0 spiro atoms. The lowest BCUT2D eigenvalue weighted by Gasteiger charge is -2.30. The van der Waals surface area contributed by atoms with Crippen molar-refractivity contribution in [3.05, 3.63) is 102 Å². The van der Waals surface area contributed by atoms with Gasteiger partial charge in [-0.2, -0.15) is 0 Å². The zero-order chi connectivity index (χ0) is 33.8. The van der Waals surface area contributed by atoms with E-state index in [1.807, 2.05) is 79.7 Å². The Morgan fingerprint density at radius 2 is 1.40 bits per heavy atom. The number of nitrogens with zero attached hydrogens (tertiary/aromatic N) is 1. The van der Waals surface area contributed by atoms with Crippen molar-refractivity contribution in [1.29, 1.82) is 0 Å². The third-order valence-corrected chi connectivity index (χ3v) is 7.61. The monoisotopic (exact) mass is 643 g/mol. The maximum atomic E-state index is 14.1. The summed E-state index contributed by atoms with van der Waals surface area (Å²) in [7, 11) is 0. The van der Waals surface area contributed by atoms with Crippen molar-refractivity contribution in [3.8, 4) is 5.75 Å². The molecule has 250 valence electrons. The molecule has 1 fully saturated rings. The highest BCUT2D eigenvalue weighted by atomic mass is 16.6. The van der Waals surface area contributed by atoms with Gasteiger partial charge < -0.3 is 29.7 Å². The molecule has 1 heterocycles. The summed E-state index contributed by atoms with van der Waals surface area (Å²) in [6.45, 7) is 8.08. The molecule has 0 aromatic heterocycles. The Morgan fingerprint density at radius 3 is 2.02 bits per heavy atom. The molecule has 3 aromatic carbocycles. The SMILES string of the molecule is CCOc1ccc(C[C@H](NC(=O)OC(C)(C)C)C(=O)N[C@@H](Cc2ccccc2)C(=O)N2CCC[C@@H]2C(=O)OCc2ccccc2)cc1. The van der Waals surface area contributed by atoms with Crippen LogP contribution in [0.25, 0.3) is 0 Å². The van der Waals surface area contributed by atoms with Crippen LogP contribution in [0, 0.1) is 0 Å². The first-order valence-electron chi connectivity index (χ1n) is 16.1. The van der Waals surface area contributed by atoms with E-state index in [2.05, 4.69) is 10.6 Å². The van der Waals surface area contributed by atoms with Gasteiger partial charge in [0.1, 0.15) is 36.1 Å². The molecule has 4 rings (SSSR count). The van der Waals surface area contributed by atoms with Crippen molar-refractivity contribution in [2.24, 2.45) is 0 Å². The highest BCUT2D eigenvalue weighted by Gasteiger charge is 2.39. The maximum Gasteiger partial charge on any atom is 0.408 e. The molecule has 10 nitrogen and oxygen atoms in total. The van der Waals surface area contributed by atoms with Crippen molar-refractivity contribution < 1.29 is 33.4 Å². The van der Waals surface area contributed by atoms with E-state index in [0.29, 0.717) is 31.7 Å². The topological polar surface area (TPSA) is 123 Å². The number of esters is 1. The number of amides is 3. The predicted octanol–water partition coefficient (Wildman–Crippen LogP) is 4.98. The van der Waals surface area contributed by atoms with E-state index in [9.17, 15) is 19.2 Å². The summed E-state index contributed by atoms with van der Waals surface area (Å²) in [6, 6.07) is 23.1. The van der Waals surface area contributed by atoms with E-state index in [0.717, 1.165) is 16.7 Å². The summed E-state index contributed by atoms with van der Waals surface area (Å²) in [5, 5.41) is 5.60. The smallest absolute Gasteiger partial charge is 0.408 e. The van der Waals surface area contributed by atoms with Gasteiger partial charge in [-0.15, -0.1) is 0 Å². The molecule has 0 unspecified atom stereocenters. The van der Waals surface area contributed by atoms with Crippen LogP contribution in [0.15, 0.2) is 84.9 Å². The zero-order valence-electron chi connectivity index (χ0n) is 27.6. The number of carbonyl (C=O) groups is 4. The Kier molecular flexibility index (Phi) is 12.4. The van der Waals surface area contributed by atoms with Crippen LogP contribution in [-0.4, -0.2) is 65.7 Å². The normalized spacial score (nSPS) is 15.7. The second-order valence-corrected chi connectivity index (χ2v) is 12.5. The van der Waals surface area contributed by atoms with Crippen LogP contribution < -0.4 is 15.4 Å². The summed E-state index contributed by atoms with van der Waals surface area (Å²) in [5.74, 6) is -0.738. The molecule has 1 saturated heterocycles. The quantitative estimate of drug-likeness (QED) is 0.252. The van der Waals surface area contributed by atoms with E-state index in [1.54, 1.807) is 32.9 Å². The van der Waals surface area contributed by atoms with Gasteiger partial charge >= 0.3 is 12.1 Å². The number of nitrogens with one attached hydrogen (secondary N) is 2. The summed E-state index contributed by atoms with van der Waals surface area (Å²) >= 11 is 0. The Morgan fingerprint density at radius 1 is 0.809 bits per heavy atom. The number of likely N-dealkylation sites (tertiary alicyclic amines) is 1. The first-order chi connectivity index (χ1) is 22.5. The summed E-state index contributed by atoms with van der Waals surface area (Å²) in [5.41, 5.74) is 1.67. The number of benzene rings is 3. The number of ether oxygens (including phenoxy) is 3. The zero-order valence-corrected chi connectivity index (χ0v) is 27.6. The molecule has 0 aliphatic carbocycles. The molecule has 3 amide bonds. The Hall–Kier alpha value is -4.86. The first-order valence-corrected chi connectivity index (χ1v) is 16.1. The minimum Gasteiger partial charge on any atom is -0.494 e. The minimum atomic E-state index is -1.06. The molecule has 3 aromatic rings. The van der Waals surface area contributed by atoms with Gasteiger partial charge in [-0.25, -0.2) is 9.59 Å². The van der Waals surface area contributed by atoms with Gasteiger partial charge in [0.2, 0.25) is 11.8 Å². The van der Waals surface area contributed by atoms with Crippen molar-refractivity contribution in [2.75, 3.05) is 13.2 Å². The van der Waals surface area contributed by atoms with E-state index < -0.39 is 47.6 Å². The van der Waals surface area contributed by atoms with Crippen molar-refractivity contribution >= 4 is 23.9 Å². The molecule has 0 radical (unpaired) electrons. The van der Waals surface area contributed by atoms with Crippen molar-refractivity contribution in [1.82, 2.24) is 15.5 Å². The van der Waals surface area contributed by atoms with E-state index >= 15 is 0 Å². The van der Waals surface area contributed by atoms with Gasteiger partial charge in [0.05, 0.1) is 6.61 Å². The molecule has 47 heavy (non-hydrogen) atoms. The third kappa shape index (κ3) is 10.9. The number of carbonyl (C=O) groups excluding carboxylic acids is 4. The maximum absolute atomic E-state index is 14.1. The molecular weight excluding hydrogens is 598 g/mol. The van der Waals surface area contributed by atoms with Crippen LogP contribution >= 0.6 is 0 Å². The number of rotatable bonds is 13. The van der Waals surface area contributed by atoms with E-state index in [1.165, 1.54) is 4.90 Å². The van der Waals surface area contributed by atoms with Gasteiger partial charge in [-0.3, -0.25) is 9.59 Å². The second-order valence-electron chi connectivity index (χ2n) is 12.5. The number of alkyl carbamates (subject to hydrolysis) is 1. The van der Waals surface area contributed by atoms with Crippen LogP contribution in [0.5, 0.6) is 5.75 Å². The second kappa shape index (κ2) is 16.6. The molecule has 2 N–H and O–H groups in total. The van der Waals surface area contributed by atoms with Crippen LogP contribution in [0.2, 0.25) is 0 Å².